The van der Waals surface area contributed by atoms with Crippen LogP contribution < -0.4 is 14.8 Å². The fourth-order valence-corrected chi connectivity index (χ4v) is 1.86. The number of carbonyl (C=O) groups is 1. The van der Waals surface area contributed by atoms with E-state index in [0.717, 1.165) is 5.56 Å². The zero-order chi connectivity index (χ0) is 15.0. The van der Waals surface area contributed by atoms with Crippen molar-refractivity contribution in [2.45, 2.75) is 6.54 Å². The maximum Gasteiger partial charge on any atom is 0.236 e. The molecule has 0 aliphatic carbocycles. The van der Waals surface area contributed by atoms with Gasteiger partial charge in [0.05, 0.1) is 27.4 Å². The summed E-state index contributed by atoms with van der Waals surface area (Å²) in [5, 5.41) is 11.9. The summed E-state index contributed by atoms with van der Waals surface area (Å²) in [6.07, 6.45) is 0. The monoisotopic (exact) mass is 318 g/mol. The number of nitrogens with zero attached hydrogens (tertiary/aromatic N) is 1. The van der Waals surface area contributed by atoms with Gasteiger partial charge in [-0.05, 0) is 19.2 Å². The first-order valence-corrected chi connectivity index (χ1v) is 6.40. The Kier molecular flexibility index (Phi) is 9.53. The maximum absolute atomic E-state index is 11.9. The second-order valence-electron chi connectivity index (χ2n) is 4.25. The Labute approximate surface area is 131 Å². The number of halogens is 1. The van der Waals surface area contributed by atoms with Crippen LogP contribution in [0.15, 0.2) is 18.2 Å². The van der Waals surface area contributed by atoms with E-state index in [-0.39, 0.29) is 38.0 Å². The molecular weight excluding hydrogens is 296 g/mol. The van der Waals surface area contributed by atoms with E-state index in [9.17, 15) is 4.79 Å². The highest BCUT2D eigenvalue weighted by Crippen LogP contribution is 2.25. The van der Waals surface area contributed by atoms with Gasteiger partial charge in [-0.1, -0.05) is 0 Å². The minimum absolute atomic E-state index is 0. The largest absolute Gasteiger partial charge is 0.497 e. The molecular formula is C14H23ClN2O4. The normalized spacial score (nSPS) is 9.71. The SMILES string of the molecule is CNCC(=O)N(CCO)Cc1ccc(OC)cc1OC.Cl. The average Bonchev–Trinajstić information content (AvgIpc) is 2.47. The van der Waals surface area contributed by atoms with E-state index in [1.807, 2.05) is 12.1 Å². The second-order valence-corrected chi connectivity index (χ2v) is 4.25. The van der Waals surface area contributed by atoms with E-state index in [1.165, 1.54) is 0 Å². The molecule has 7 heteroatoms. The van der Waals surface area contributed by atoms with Gasteiger partial charge in [-0.2, -0.15) is 0 Å². The first-order valence-electron chi connectivity index (χ1n) is 6.40. The molecule has 1 aromatic carbocycles. The number of aliphatic hydroxyl groups excluding tert-OH is 1. The summed E-state index contributed by atoms with van der Waals surface area (Å²) in [6.45, 7) is 0.830. The van der Waals surface area contributed by atoms with Crippen molar-refractivity contribution in [2.75, 3.05) is 41.0 Å². The fraction of sp³-hybridized carbons (Fsp3) is 0.500. The number of aliphatic hydroxyl groups is 1. The lowest BCUT2D eigenvalue weighted by atomic mass is 10.1. The third-order valence-corrected chi connectivity index (χ3v) is 2.91. The van der Waals surface area contributed by atoms with Crippen LogP contribution in [0.1, 0.15) is 5.56 Å². The summed E-state index contributed by atoms with van der Waals surface area (Å²) in [5.74, 6) is 1.28. The molecule has 21 heavy (non-hydrogen) atoms. The Morgan fingerprint density at radius 1 is 1.33 bits per heavy atom. The van der Waals surface area contributed by atoms with Gasteiger partial charge in [0.15, 0.2) is 0 Å². The summed E-state index contributed by atoms with van der Waals surface area (Å²) in [4.78, 5) is 13.5. The smallest absolute Gasteiger partial charge is 0.236 e. The average molecular weight is 319 g/mol. The Balaban J connectivity index is 0.00000400. The topological polar surface area (TPSA) is 71.0 Å². The third kappa shape index (κ3) is 5.79. The summed E-state index contributed by atoms with van der Waals surface area (Å²) in [6, 6.07) is 5.45. The molecule has 0 radical (unpaired) electrons. The quantitative estimate of drug-likeness (QED) is 0.737. The molecule has 0 aliphatic heterocycles. The number of rotatable bonds is 8. The third-order valence-electron chi connectivity index (χ3n) is 2.91. The first kappa shape index (κ1) is 19.5. The van der Waals surface area contributed by atoms with E-state index in [0.29, 0.717) is 18.0 Å². The van der Waals surface area contributed by atoms with Crippen LogP contribution in [0.4, 0.5) is 0 Å². The molecule has 1 amide bonds. The lowest BCUT2D eigenvalue weighted by Crippen LogP contribution is -2.38. The molecule has 0 aromatic heterocycles. The van der Waals surface area contributed by atoms with E-state index in [1.54, 1.807) is 32.2 Å². The minimum atomic E-state index is -0.0755. The molecule has 0 saturated carbocycles. The van der Waals surface area contributed by atoms with Gasteiger partial charge < -0.3 is 24.8 Å². The van der Waals surface area contributed by atoms with Crippen molar-refractivity contribution in [2.24, 2.45) is 0 Å². The lowest BCUT2D eigenvalue weighted by Gasteiger charge is -2.23. The highest BCUT2D eigenvalue weighted by Gasteiger charge is 2.15. The summed E-state index contributed by atoms with van der Waals surface area (Å²) in [7, 11) is 4.87. The van der Waals surface area contributed by atoms with Gasteiger partial charge in [0, 0.05) is 24.7 Å². The predicted molar refractivity (Wildman–Crippen MR) is 83.2 cm³/mol. The standard InChI is InChI=1S/C14H22N2O4.ClH/c1-15-9-14(18)16(6-7-17)10-11-4-5-12(19-2)8-13(11)20-3;/h4-5,8,15,17H,6-7,9-10H2,1-3H3;1H. The molecule has 120 valence electrons. The molecule has 0 atom stereocenters. The first-order chi connectivity index (χ1) is 9.65. The van der Waals surface area contributed by atoms with Crippen molar-refractivity contribution < 1.29 is 19.4 Å². The van der Waals surface area contributed by atoms with E-state index in [2.05, 4.69) is 5.32 Å². The van der Waals surface area contributed by atoms with Gasteiger partial charge >= 0.3 is 0 Å². The molecule has 6 nitrogen and oxygen atoms in total. The Bertz CT molecular complexity index is 443. The molecule has 1 aromatic rings. The summed E-state index contributed by atoms with van der Waals surface area (Å²) >= 11 is 0. The molecule has 0 aliphatic rings. The Morgan fingerprint density at radius 2 is 2.05 bits per heavy atom. The highest BCUT2D eigenvalue weighted by atomic mass is 35.5. The molecule has 1 rings (SSSR count). The zero-order valence-corrected chi connectivity index (χ0v) is 13.4. The van der Waals surface area contributed by atoms with Crippen LogP contribution in [0.25, 0.3) is 0 Å². The molecule has 0 fully saturated rings. The second kappa shape index (κ2) is 10.3. The summed E-state index contributed by atoms with van der Waals surface area (Å²) in [5.41, 5.74) is 0.867. The number of nitrogens with one attached hydrogen (secondary N) is 1. The number of methoxy groups -OCH3 is 2. The van der Waals surface area contributed by atoms with Crippen LogP contribution in [0.2, 0.25) is 0 Å². The van der Waals surface area contributed by atoms with Crippen LogP contribution in [0, 0.1) is 0 Å². The lowest BCUT2D eigenvalue weighted by molar-refractivity contribution is -0.131. The van der Waals surface area contributed by atoms with Gasteiger partial charge in [-0.25, -0.2) is 0 Å². The van der Waals surface area contributed by atoms with Crippen molar-refractivity contribution >= 4 is 18.3 Å². The van der Waals surface area contributed by atoms with Crippen LogP contribution in [-0.4, -0.2) is 56.9 Å². The minimum Gasteiger partial charge on any atom is -0.497 e. The highest BCUT2D eigenvalue weighted by molar-refractivity contribution is 5.85. The van der Waals surface area contributed by atoms with Gasteiger partial charge in [0.25, 0.3) is 0 Å². The van der Waals surface area contributed by atoms with E-state index in [4.69, 9.17) is 14.6 Å². The summed E-state index contributed by atoms with van der Waals surface area (Å²) < 4.78 is 10.5. The molecule has 0 spiro atoms. The fourth-order valence-electron chi connectivity index (χ4n) is 1.86. The van der Waals surface area contributed by atoms with E-state index >= 15 is 0 Å². The number of amides is 1. The number of benzene rings is 1. The molecule has 0 saturated heterocycles. The number of hydrogen-bond acceptors (Lipinski definition) is 5. The molecule has 0 unspecified atom stereocenters. The molecule has 2 N–H and O–H groups in total. The van der Waals surface area contributed by atoms with Crippen molar-refractivity contribution in [1.82, 2.24) is 10.2 Å². The van der Waals surface area contributed by atoms with Gasteiger partial charge in [0.1, 0.15) is 11.5 Å². The van der Waals surface area contributed by atoms with Crippen molar-refractivity contribution in [3.05, 3.63) is 23.8 Å². The number of likely N-dealkylation sites (N-methyl/N-ethyl adjacent to an activating group) is 1. The van der Waals surface area contributed by atoms with Gasteiger partial charge in [-0.15, -0.1) is 12.4 Å². The zero-order valence-electron chi connectivity index (χ0n) is 12.6. The molecule has 0 bridgehead atoms. The van der Waals surface area contributed by atoms with Crippen LogP contribution in [0.3, 0.4) is 0 Å². The molecule has 0 heterocycles. The van der Waals surface area contributed by atoms with Gasteiger partial charge in [-0.3, -0.25) is 4.79 Å². The number of ether oxygens (including phenoxy) is 2. The number of carbonyl (C=O) groups excluding carboxylic acids is 1. The maximum atomic E-state index is 11.9. The van der Waals surface area contributed by atoms with Crippen LogP contribution in [-0.2, 0) is 11.3 Å². The van der Waals surface area contributed by atoms with Crippen molar-refractivity contribution in [3.8, 4) is 11.5 Å². The van der Waals surface area contributed by atoms with Crippen LogP contribution in [0.5, 0.6) is 11.5 Å². The Hall–Kier alpha value is -1.50. The number of hydrogen-bond donors (Lipinski definition) is 2. The van der Waals surface area contributed by atoms with Gasteiger partial charge in [0.2, 0.25) is 5.91 Å². The van der Waals surface area contributed by atoms with Crippen LogP contribution >= 0.6 is 12.4 Å². The van der Waals surface area contributed by atoms with Crippen molar-refractivity contribution in [1.29, 1.82) is 0 Å². The predicted octanol–water partition coefficient (Wildman–Crippen LogP) is 0.666. The van der Waals surface area contributed by atoms with Crippen molar-refractivity contribution in [3.63, 3.8) is 0 Å². The van der Waals surface area contributed by atoms with E-state index < -0.39 is 0 Å². The Morgan fingerprint density at radius 3 is 2.57 bits per heavy atom.